The first-order chi connectivity index (χ1) is 11.0. The van der Waals surface area contributed by atoms with Crippen molar-refractivity contribution in [1.29, 1.82) is 0 Å². The molecule has 0 radical (unpaired) electrons. The molecule has 0 bridgehead atoms. The Balaban J connectivity index is 2.05. The van der Waals surface area contributed by atoms with E-state index in [9.17, 15) is 13.5 Å². The Morgan fingerprint density at radius 2 is 1.70 bits per heavy atom. The highest BCUT2D eigenvalue weighted by molar-refractivity contribution is 7.92. The molecule has 1 fully saturated rings. The van der Waals surface area contributed by atoms with Crippen LogP contribution in [0.3, 0.4) is 0 Å². The maximum absolute atomic E-state index is 13.0. The van der Waals surface area contributed by atoms with E-state index < -0.39 is 20.5 Å². The number of aliphatic hydroxyl groups excluding tert-OH is 1. The molecule has 2 aromatic carbocycles. The average molecular weight is 331 g/mol. The van der Waals surface area contributed by atoms with Gasteiger partial charge in [-0.2, -0.15) is 0 Å². The van der Waals surface area contributed by atoms with Crippen molar-refractivity contribution in [2.45, 2.75) is 23.0 Å². The third kappa shape index (κ3) is 2.49. The summed E-state index contributed by atoms with van der Waals surface area (Å²) in [6, 6.07) is 16.2. The second-order valence-electron chi connectivity index (χ2n) is 6.26. The van der Waals surface area contributed by atoms with E-state index in [4.69, 9.17) is 5.73 Å². The number of sulfone groups is 1. The molecule has 0 unspecified atom stereocenters. The summed E-state index contributed by atoms with van der Waals surface area (Å²) in [6.07, 6.45) is 0. The quantitative estimate of drug-likeness (QED) is 0.876. The van der Waals surface area contributed by atoms with Crippen LogP contribution in [0.2, 0.25) is 0 Å². The van der Waals surface area contributed by atoms with Gasteiger partial charge >= 0.3 is 0 Å². The van der Waals surface area contributed by atoms with Crippen LogP contribution in [0, 0.1) is 12.3 Å². The summed E-state index contributed by atoms with van der Waals surface area (Å²) in [5.74, 6) is -0.275. The lowest BCUT2D eigenvalue weighted by Gasteiger charge is -2.12. The maximum Gasteiger partial charge on any atom is 0.182 e. The van der Waals surface area contributed by atoms with Gasteiger partial charge in [0.1, 0.15) is 0 Å². The van der Waals surface area contributed by atoms with Crippen LogP contribution in [0.1, 0.15) is 17.0 Å². The predicted molar refractivity (Wildman–Crippen MR) is 89.9 cm³/mol. The molecule has 4 nitrogen and oxygen atoms in total. The number of rotatable bonds is 5. The Kier molecular flexibility index (Phi) is 4.04. The monoisotopic (exact) mass is 331 g/mol. The third-order valence-corrected chi connectivity index (χ3v) is 7.24. The molecule has 0 saturated heterocycles. The largest absolute Gasteiger partial charge is 0.396 e. The summed E-state index contributed by atoms with van der Waals surface area (Å²) in [4.78, 5) is 0.283. The van der Waals surface area contributed by atoms with Crippen molar-refractivity contribution in [2.24, 2.45) is 11.1 Å². The van der Waals surface area contributed by atoms with Crippen molar-refractivity contribution in [3.63, 3.8) is 0 Å². The Hall–Kier alpha value is -1.69. The number of nitrogens with two attached hydrogens (primary N) is 1. The zero-order valence-corrected chi connectivity index (χ0v) is 13.8. The van der Waals surface area contributed by atoms with Crippen LogP contribution in [-0.4, -0.2) is 31.9 Å². The molecular formula is C18H21NO3S. The minimum absolute atomic E-state index is 0.138. The number of aryl methyl sites for hydroxylation is 1. The Morgan fingerprint density at radius 3 is 2.22 bits per heavy atom. The molecule has 0 heterocycles. The van der Waals surface area contributed by atoms with E-state index in [1.54, 1.807) is 30.3 Å². The molecule has 5 heteroatoms. The fraction of sp³-hybridized carbons (Fsp3) is 0.333. The molecule has 1 aliphatic carbocycles. The molecule has 3 rings (SSSR count). The molecular weight excluding hydrogens is 310 g/mol. The van der Waals surface area contributed by atoms with Crippen molar-refractivity contribution >= 4 is 9.84 Å². The first kappa shape index (κ1) is 16.2. The molecule has 1 aliphatic rings. The molecule has 0 aliphatic heterocycles. The van der Waals surface area contributed by atoms with Crippen LogP contribution >= 0.6 is 0 Å². The van der Waals surface area contributed by atoms with Gasteiger partial charge in [-0.1, -0.05) is 48.0 Å². The van der Waals surface area contributed by atoms with Gasteiger partial charge in [0, 0.05) is 17.9 Å². The maximum atomic E-state index is 13.0. The highest BCUT2D eigenvalue weighted by Crippen LogP contribution is 2.63. The molecule has 3 atom stereocenters. The summed E-state index contributed by atoms with van der Waals surface area (Å²) in [7, 11) is -3.55. The zero-order valence-electron chi connectivity index (χ0n) is 13.0. The van der Waals surface area contributed by atoms with Crippen molar-refractivity contribution in [2.75, 3.05) is 13.2 Å². The van der Waals surface area contributed by atoms with Gasteiger partial charge in [0.15, 0.2) is 9.84 Å². The molecule has 23 heavy (non-hydrogen) atoms. The van der Waals surface area contributed by atoms with Gasteiger partial charge in [-0.25, -0.2) is 8.42 Å². The number of benzene rings is 2. The highest BCUT2D eigenvalue weighted by atomic mass is 32.2. The topological polar surface area (TPSA) is 80.4 Å². The number of hydrogen-bond donors (Lipinski definition) is 2. The second kappa shape index (κ2) is 5.74. The van der Waals surface area contributed by atoms with Gasteiger partial charge in [-0.15, -0.1) is 0 Å². The van der Waals surface area contributed by atoms with Gasteiger partial charge in [0.05, 0.1) is 16.8 Å². The van der Waals surface area contributed by atoms with Crippen LogP contribution in [0.25, 0.3) is 0 Å². The number of hydrogen-bond acceptors (Lipinski definition) is 4. The summed E-state index contributed by atoms with van der Waals surface area (Å²) < 4.78 is 26.0. The molecule has 2 aromatic rings. The molecule has 0 amide bonds. The van der Waals surface area contributed by atoms with E-state index in [-0.39, 0.29) is 24.0 Å². The number of aliphatic hydroxyl groups is 1. The fourth-order valence-corrected chi connectivity index (χ4v) is 5.95. The Bertz CT molecular complexity index is 781. The standard InChI is InChI=1S/C18H21NO3S/c1-13-7-9-14(10-8-13)16-17(18(16,11-19)12-20)23(21,22)15-5-3-2-4-6-15/h2-10,16-17,20H,11-12,19H2,1H3/t16-,17+,18+/m1/s1. The molecule has 0 spiro atoms. The van der Waals surface area contributed by atoms with E-state index in [2.05, 4.69) is 0 Å². The molecule has 0 aromatic heterocycles. The van der Waals surface area contributed by atoms with Crippen LogP contribution < -0.4 is 5.73 Å². The Labute approximate surface area is 136 Å². The molecule has 1 saturated carbocycles. The lowest BCUT2D eigenvalue weighted by molar-refractivity contribution is 0.212. The molecule has 122 valence electrons. The summed E-state index contributed by atoms with van der Waals surface area (Å²) in [5, 5.41) is 9.19. The van der Waals surface area contributed by atoms with E-state index in [0.29, 0.717) is 0 Å². The minimum Gasteiger partial charge on any atom is -0.396 e. The van der Waals surface area contributed by atoms with E-state index in [0.717, 1.165) is 11.1 Å². The average Bonchev–Trinajstić information content (AvgIpc) is 3.27. The molecule has 3 N–H and O–H groups in total. The lowest BCUT2D eigenvalue weighted by Crippen LogP contribution is -2.27. The van der Waals surface area contributed by atoms with Crippen molar-refractivity contribution in [3.05, 3.63) is 65.7 Å². The minimum atomic E-state index is -3.55. The normalized spacial score (nSPS) is 26.9. The van der Waals surface area contributed by atoms with Crippen molar-refractivity contribution in [1.82, 2.24) is 0 Å². The van der Waals surface area contributed by atoms with Gasteiger partial charge in [-0.05, 0) is 24.6 Å². The van der Waals surface area contributed by atoms with Crippen LogP contribution in [0.5, 0.6) is 0 Å². The van der Waals surface area contributed by atoms with Crippen molar-refractivity contribution in [3.8, 4) is 0 Å². The fourth-order valence-electron chi connectivity index (χ4n) is 3.47. The third-order valence-electron chi connectivity index (χ3n) is 4.90. The van der Waals surface area contributed by atoms with E-state index >= 15 is 0 Å². The van der Waals surface area contributed by atoms with E-state index in [1.807, 2.05) is 31.2 Å². The van der Waals surface area contributed by atoms with Crippen molar-refractivity contribution < 1.29 is 13.5 Å². The summed E-state index contributed by atoms with van der Waals surface area (Å²) >= 11 is 0. The first-order valence-corrected chi connectivity index (χ1v) is 9.18. The van der Waals surface area contributed by atoms with E-state index in [1.165, 1.54) is 0 Å². The Morgan fingerprint density at radius 1 is 1.09 bits per heavy atom. The van der Waals surface area contributed by atoms with Crippen LogP contribution in [0.15, 0.2) is 59.5 Å². The van der Waals surface area contributed by atoms with Gasteiger partial charge < -0.3 is 10.8 Å². The summed E-state index contributed by atoms with van der Waals surface area (Å²) in [5.41, 5.74) is 7.10. The predicted octanol–water partition coefficient (Wildman–Crippen LogP) is 1.87. The zero-order chi connectivity index (χ0) is 16.7. The SMILES string of the molecule is Cc1ccc([C@@H]2[C@H](S(=O)(=O)c3ccccc3)[C@@]2(CN)CO)cc1. The van der Waals surface area contributed by atoms with Gasteiger partial charge in [0.2, 0.25) is 0 Å². The van der Waals surface area contributed by atoms with Gasteiger partial charge in [0.25, 0.3) is 0 Å². The van der Waals surface area contributed by atoms with Gasteiger partial charge in [-0.3, -0.25) is 0 Å². The van der Waals surface area contributed by atoms with Crippen LogP contribution in [0.4, 0.5) is 0 Å². The highest BCUT2D eigenvalue weighted by Gasteiger charge is 2.70. The first-order valence-electron chi connectivity index (χ1n) is 7.64. The second-order valence-corrected chi connectivity index (χ2v) is 8.33. The lowest BCUT2D eigenvalue weighted by atomic mass is 9.99. The summed E-state index contributed by atoms with van der Waals surface area (Å²) in [6.45, 7) is 1.88. The smallest absolute Gasteiger partial charge is 0.182 e. The van der Waals surface area contributed by atoms with Crippen LogP contribution in [-0.2, 0) is 9.84 Å².